The van der Waals surface area contributed by atoms with Crippen molar-refractivity contribution in [3.8, 4) is 0 Å². The van der Waals surface area contributed by atoms with E-state index in [4.69, 9.17) is 9.47 Å². The van der Waals surface area contributed by atoms with E-state index in [9.17, 15) is 0 Å². The van der Waals surface area contributed by atoms with Gasteiger partial charge in [0.2, 0.25) is 0 Å². The lowest BCUT2D eigenvalue weighted by Crippen LogP contribution is -2.40. The summed E-state index contributed by atoms with van der Waals surface area (Å²) in [4.78, 5) is 0. The minimum absolute atomic E-state index is 0.383. The molecule has 0 amide bonds. The molecule has 0 spiro atoms. The van der Waals surface area contributed by atoms with Crippen LogP contribution in [0.25, 0.3) is 0 Å². The van der Waals surface area contributed by atoms with Crippen molar-refractivity contribution < 1.29 is 9.47 Å². The molecule has 2 nitrogen and oxygen atoms in total. The Labute approximate surface area is 236 Å². The fourth-order valence-corrected chi connectivity index (χ4v) is 8.24. The Hall–Kier alpha value is -0.600. The van der Waals surface area contributed by atoms with Crippen molar-refractivity contribution in [2.45, 2.75) is 154 Å². The normalized spacial score (nSPS) is 34.4. The lowest BCUT2D eigenvalue weighted by molar-refractivity contribution is -0.0805. The van der Waals surface area contributed by atoms with Crippen LogP contribution in [0.2, 0.25) is 0 Å². The highest BCUT2D eigenvalue weighted by molar-refractivity contribution is 5.02. The molecule has 2 heteroatoms. The topological polar surface area (TPSA) is 18.5 Å². The fourth-order valence-electron chi connectivity index (χ4n) is 8.24. The summed E-state index contributed by atoms with van der Waals surface area (Å²) in [5.41, 5.74) is 0. The van der Waals surface area contributed by atoms with Gasteiger partial charge >= 0.3 is 0 Å². The Bertz CT molecular complexity index is 663. The van der Waals surface area contributed by atoms with E-state index >= 15 is 0 Å². The molecule has 0 radical (unpaired) electrons. The van der Waals surface area contributed by atoms with Crippen LogP contribution < -0.4 is 0 Å². The van der Waals surface area contributed by atoms with Gasteiger partial charge in [-0.15, -0.1) is 0 Å². The van der Waals surface area contributed by atoms with E-state index in [-0.39, 0.29) is 0 Å². The van der Waals surface area contributed by atoms with Crippen LogP contribution in [-0.2, 0) is 9.47 Å². The maximum Gasteiger partial charge on any atom is 0.0642 e. The maximum absolute atomic E-state index is 6.68. The van der Waals surface area contributed by atoms with Crippen molar-refractivity contribution in [1.29, 1.82) is 0 Å². The first-order chi connectivity index (χ1) is 18.7. The summed E-state index contributed by atoms with van der Waals surface area (Å²) in [6.07, 6.45) is 38.2. The molecular formula is C36H62O2. The first-order valence-corrected chi connectivity index (χ1v) is 17.3. The van der Waals surface area contributed by atoms with Gasteiger partial charge in [-0.1, -0.05) is 95.4 Å². The predicted octanol–water partition coefficient (Wildman–Crippen LogP) is 10.5. The third-order valence-electron chi connectivity index (χ3n) is 10.8. The molecule has 0 heterocycles. The second-order valence-corrected chi connectivity index (χ2v) is 13.8. The average Bonchev–Trinajstić information content (AvgIpc) is 2.95. The summed E-state index contributed by atoms with van der Waals surface area (Å²) in [5, 5.41) is 0. The Morgan fingerprint density at radius 2 is 1.11 bits per heavy atom. The van der Waals surface area contributed by atoms with Crippen LogP contribution in [0.3, 0.4) is 0 Å². The van der Waals surface area contributed by atoms with Gasteiger partial charge in [-0.25, -0.2) is 0 Å². The fraction of sp³-hybridized carbons (Fsp3) is 0.889. The second kappa shape index (κ2) is 17.3. The summed E-state index contributed by atoms with van der Waals surface area (Å²) >= 11 is 0. The Morgan fingerprint density at radius 1 is 0.579 bits per heavy atom. The summed E-state index contributed by atoms with van der Waals surface area (Å²) < 4.78 is 13.3. The lowest BCUT2D eigenvalue weighted by atomic mass is 9.76. The molecule has 0 bridgehead atoms. The molecule has 0 aromatic rings. The first kappa shape index (κ1) is 30.4. The summed E-state index contributed by atoms with van der Waals surface area (Å²) in [6.45, 7) is 6.51. The van der Waals surface area contributed by atoms with E-state index in [1.165, 1.54) is 122 Å². The SMILES string of the molecule is CC=CC1CCC(C=CC2CC(OCCCC3CCCCC3)C(C)CC2OCCCC2CCCCC2)CC1. The van der Waals surface area contributed by atoms with Crippen LogP contribution in [0.4, 0.5) is 0 Å². The highest BCUT2D eigenvalue weighted by atomic mass is 16.5. The van der Waals surface area contributed by atoms with Crippen molar-refractivity contribution in [3.63, 3.8) is 0 Å². The molecule has 4 fully saturated rings. The Balaban J connectivity index is 1.25. The third kappa shape index (κ3) is 10.4. The van der Waals surface area contributed by atoms with Crippen LogP contribution in [0.15, 0.2) is 24.3 Å². The summed E-state index contributed by atoms with van der Waals surface area (Å²) in [6, 6.07) is 0. The number of ether oxygens (including phenoxy) is 2. The van der Waals surface area contributed by atoms with Gasteiger partial charge in [0.15, 0.2) is 0 Å². The molecule has 4 unspecified atom stereocenters. The van der Waals surface area contributed by atoms with Crippen LogP contribution in [0.5, 0.6) is 0 Å². The number of rotatable bonds is 13. The smallest absolute Gasteiger partial charge is 0.0642 e. The number of hydrogen-bond donors (Lipinski definition) is 0. The lowest BCUT2D eigenvalue weighted by Gasteiger charge is -2.39. The van der Waals surface area contributed by atoms with E-state index in [0.29, 0.717) is 24.0 Å². The minimum Gasteiger partial charge on any atom is -0.378 e. The van der Waals surface area contributed by atoms with Crippen LogP contribution in [0.1, 0.15) is 142 Å². The molecule has 4 saturated carbocycles. The zero-order chi connectivity index (χ0) is 26.4. The zero-order valence-corrected chi connectivity index (χ0v) is 25.3. The molecule has 0 aromatic carbocycles. The molecular weight excluding hydrogens is 464 g/mol. The highest BCUT2D eigenvalue weighted by Crippen LogP contribution is 2.37. The first-order valence-electron chi connectivity index (χ1n) is 17.3. The molecule has 0 aromatic heterocycles. The van der Waals surface area contributed by atoms with Crippen molar-refractivity contribution >= 4 is 0 Å². The van der Waals surface area contributed by atoms with Crippen LogP contribution in [0, 0.1) is 35.5 Å². The largest absolute Gasteiger partial charge is 0.378 e. The van der Waals surface area contributed by atoms with E-state index in [2.05, 4.69) is 38.2 Å². The molecule has 0 aliphatic heterocycles. The zero-order valence-electron chi connectivity index (χ0n) is 25.3. The maximum atomic E-state index is 6.68. The van der Waals surface area contributed by atoms with Gasteiger partial charge in [-0.2, -0.15) is 0 Å². The number of hydrogen-bond acceptors (Lipinski definition) is 2. The van der Waals surface area contributed by atoms with Gasteiger partial charge < -0.3 is 9.47 Å². The number of allylic oxidation sites excluding steroid dienone is 3. The third-order valence-corrected chi connectivity index (χ3v) is 10.8. The molecule has 4 rings (SSSR count). The molecule has 0 N–H and O–H groups in total. The van der Waals surface area contributed by atoms with Crippen molar-refractivity contribution in [3.05, 3.63) is 24.3 Å². The van der Waals surface area contributed by atoms with Gasteiger partial charge in [-0.3, -0.25) is 0 Å². The second-order valence-electron chi connectivity index (χ2n) is 13.8. The van der Waals surface area contributed by atoms with E-state index in [1.54, 1.807) is 0 Å². The average molecular weight is 527 g/mol. The quantitative estimate of drug-likeness (QED) is 0.175. The monoisotopic (exact) mass is 526 g/mol. The van der Waals surface area contributed by atoms with Crippen LogP contribution in [-0.4, -0.2) is 25.4 Å². The van der Waals surface area contributed by atoms with Crippen molar-refractivity contribution in [2.75, 3.05) is 13.2 Å². The van der Waals surface area contributed by atoms with Gasteiger partial charge in [0.05, 0.1) is 12.2 Å². The molecule has 4 aliphatic rings. The summed E-state index contributed by atoms with van der Waals surface area (Å²) in [7, 11) is 0. The molecule has 4 atom stereocenters. The van der Waals surface area contributed by atoms with E-state index in [1.807, 2.05) is 0 Å². The van der Waals surface area contributed by atoms with Crippen molar-refractivity contribution in [2.24, 2.45) is 35.5 Å². The molecule has 0 saturated heterocycles. The Morgan fingerprint density at radius 3 is 1.66 bits per heavy atom. The Kier molecular flexibility index (Phi) is 13.8. The van der Waals surface area contributed by atoms with Gasteiger partial charge in [0.1, 0.15) is 0 Å². The van der Waals surface area contributed by atoms with Gasteiger partial charge in [0.25, 0.3) is 0 Å². The minimum atomic E-state index is 0.383. The summed E-state index contributed by atoms with van der Waals surface area (Å²) in [5.74, 6) is 4.65. The highest BCUT2D eigenvalue weighted by Gasteiger charge is 2.35. The molecule has 218 valence electrons. The predicted molar refractivity (Wildman–Crippen MR) is 162 cm³/mol. The van der Waals surface area contributed by atoms with Gasteiger partial charge in [0, 0.05) is 19.1 Å². The van der Waals surface area contributed by atoms with Gasteiger partial charge in [-0.05, 0) is 101 Å². The van der Waals surface area contributed by atoms with E-state index in [0.717, 1.165) is 43.3 Å². The molecule has 4 aliphatic carbocycles. The molecule has 38 heavy (non-hydrogen) atoms. The standard InChI is InChI=1S/C36H62O2/c1-3-12-30-19-21-33(22-20-30)23-24-34-28-35(37-25-10-17-31-13-6-4-7-14-31)29(2)27-36(34)38-26-11-18-32-15-8-5-9-16-32/h3,12,23-24,29-36H,4-11,13-22,25-28H2,1-2H3. The van der Waals surface area contributed by atoms with Crippen molar-refractivity contribution in [1.82, 2.24) is 0 Å². The van der Waals surface area contributed by atoms with Crippen LogP contribution >= 0.6 is 0 Å². The van der Waals surface area contributed by atoms with E-state index < -0.39 is 0 Å².